The van der Waals surface area contributed by atoms with Crippen LogP contribution in [0.15, 0.2) is 0 Å². The van der Waals surface area contributed by atoms with Crippen LogP contribution in [0.4, 0.5) is 0 Å². The molecule has 1 rings (SSSR count). The Morgan fingerprint density at radius 2 is 2.20 bits per heavy atom. The first kappa shape index (κ1) is 12.8. The highest BCUT2D eigenvalue weighted by Gasteiger charge is 2.17. The molecule has 3 N–H and O–H groups in total. The van der Waals surface area contributed by atoms with E-state index in [2.05, 4.69) is 5.32 Å². The molecule has 0 aromatic heterocycles. The fourth-order valence-corrected chi connectivity index (χ4v) is 3.34. The number of rotatable bonds is 7. The van der Waals surface area contributed by atoms with Crippen LogP contribution in [0.1, 0.15) is 32.6 Å². The van der Waals surface area contributed by atoms with Gasteiger partial charge >= 0.3 is 0 Å². The van der Waals surface area contributed by atoms with Crippen LogP contribution in [-0.2, 0) is 4.79 Å². The van der Waals surface area contributed by atoms with E-state index >= 15 is 0 Å². The monoisotopic (exact) mass is 230 g/mol. The zero-order valence-electron chi connectivity index (χ0n) is 9.50. The predicted molar refractivity (Wildman–Crippen MR) is 65.9 cm³/mol. The molecule has 0 aromatic carbocycles. The first-order valence-electron chi connectivity index (χ1n) is 5.84. The van der Waals surface area contributed by atoms with Crippen LogP contribution < -0.4 is 11.1 Å². The minimum absolute atomic E-state index is 0.151. The van der Waals surface area contributed by atoms with Crippen molar-refractivity contribution < 1.29 is 4.79 Å². The second kappa shape index (κ2) is 7.12. The van der Waals surface area contributed by atoms with Crippen LogP contribution in [0, 0.1) is 5.92 Å². The van der Waals surface area contributed by atoms with Gasteiger partial charge in [-0.25, -0.2) is 0 Å². The van der Waals surface area contributed by atoms with Crippen molar-refractivity contribution in [1.82, 2.24) is 5.32 Å². The summed E-state index contributed by atoms with van der Waals surface area (Å²) in [6, 6.07) is -0.151. The number of hydrogen-bond acceptors (Lipinski definition) is 3. The number of carbonyl (C=O) groups is 1. The highest BCUT2D eigenvalue weighted by Crippen LogP contribution is 2.27. The average Bonchev–Trinajstić information content (AvgIpc) is 2.69. The molecule has 1 atom stereocenters. The van der Waals surface area contributed by atoms with Gasteiger partial charge in [0.2, 0.25) is 5.91 Å². The first-order valence-corrected chi connectivity index (χ1v) is 7.00. The molecule has 4 heteroatoms. The molecule has 0 heterocycles. The Balaban J connectivity index is 2.12. The minimum Gasteiger partial charge on any atom is -0.368 e. The molecule has 0 aromatic rings. The van der Waals surface area contributed by atoms with Crippen molar-refractivity contribution in [2.45, 2.75) is 38.6 Å². The smallest absolute Gasteiger partial charge is 0.235 e. The summed E-state index contributed by atoms with van der Waals surface area (Å²) >= 11 is 1.86. The summed E-state index contributed by atoms with van der Waals surface area (Å²) in [6.07, 6.45) is 5.51. The predicted octanol–water partition coefficient (Wildman–Crippen LogP) is 1.37. The Bertz CT molecular complexity index is 193. The standard InChI is InChI=1S/C11H22N2OS/c1-2-13-10(11(12)14)8-15-7-9-5-3-4-6-9/h9-10,13H,2-8H2,1H3,(H2,12,14). The number of likely N-dealkylation sites (N-methyl/N-ethyl adjacent to an activating group) is 1. The van der Waals surface area contributed by atoms with Gasteiger partial charge in [0.1, 0.15) is 0 Å². The fourth-order valence-electron chi connectivity index (χ4n) is 2.02. The lowest BCUT2D eigenvalue weighted by molar-refractivity contribution is -0.119. The van der Waals surface area contributed by atoms with Gasteiger partial charge in [0, 0.05) is 5.75 Å². The van der Waals surface area contributed by atoms with Gasteiger partial charge in [0.15, 0.2) is 0 Å². The molecule has 1 fully saturated rings. The average molecular weight is 230 g/mol. The number of nitrogens with one attached hydrogen (secondary N) is 1. The van der Waals surface area contributed by atoms with Gasteiger partial charge in [-0.2, -0.15) is 11.8 Å². The van der Waals surface area contributed by atoms with Gasteiger partial charge in [-0.15, -0.1) is 0 Å². The van der Waals surface area contributed by atoms with Gasteiger partial charge < -0.3 is 11.1 Å². The van der Waals surface area contributed by atoms with Crippen LogP contribution in [0.5, 0.6) is 0 Å². The summed E-state index contributed by atoms with van der Waals surface area (Å²) in [5.74, 6) is 2.66. The molecule has 0 saturated heterocycles. The van der Waals surface area contributed by atoms with E-state index in [4.69, 9.17) is 5.73 Å². The zero-order valence-corrected chi connectivity index (χ0v) is 10.3. The van der Waals surface area contributed by atoms with Crippen LogP contribution in [0.3, 0.4) is 0 Å². The summed E-state index contributed by atoms with van der Waals surface area (Å²) < 4.78 is 0. The molecular weight excluding hydrogens is 208 g/mol. The maximum atomic E-state index is 11.1. The van der Waals surface area contributed by atoms with E-state index in [0.717, 1.165) is 18.2 Å². The Morgan fingerprint density at radius 1 is 1.53 bits per heavy atom. The third-order valence-electron chi connectivity index (χ3n) is 2.91. The van der Waals surface area contributed by atoms with E-state index in [0.29, 0.717) is 0 Å². The third kappa shape index (κ3) is 4.89. The van der Waals surface area contributed by atoms with Crippen LogP contribution >= 0.6 is 11.8 Å². The van der Waals surface area contributed by atoms with Crippen molar-refractivity contribution >= 4 is 17.7 Å². The van der Waals surface area contributed by atoms with Crippen molar-refractivity contribution in [2.75, 3.05) is 18.1 Å². The number of nitrogens with two attached hydrogens (primary N) is 1. The maximum absolute atomic E-state index is 11.1. The van der Waals surface area contributed by atoms with E-state index in [-0.39, 0.29) is 11.9 Å². The zero-order chi connectivity index (χ0) is 11.1. The molecule has 1 amide bonds. The van der Waals surface area contributed by atoms with E-state index in [9.17, 15) is 4.79 Å². The van der Waals surface area contributed by atoms with E-state index in [1.54, 1.807) is 0 Å². The highest BCUT2D eigenvalue weighted by molar-refractivity contribution is 7.99. The Kier molecular flexibility index (Phi) is 6.10. The third-order valence-corrected chi connectivity index (χ3v) is 4.18. The fraction of sp³-hybridized carbons (Fsp3) is 0.909. The molecule has 1 unspecified atom stereocenters. The van der Waals surface area contributed by atoms with Crippen LogP contribution in [0.2, 0.25) is 0 Å². The highest BCUT2D eigenvalue weighted by atomic mass is 32.2. The van der Waals surface area contributed by atoms with Crippen molar-refractivity contribution in [2.24, 2.45) is 11.7 Å². The quantitative estimate of drug-likeness (QED) is 0.694. The lowest BCUT2D eigenvalue weighted by Crippen LogP contribution is -2.43. The second-order valence-electron chi connectivity index (χ2n) is 4.20. The molecule has 1 aliphatic rings. The summed E-state index contributed by atoms with van der Waals surface area (Å²) in [6.45, 7) is 2.80. The van der Waals surface area contributed by atoms with Gasteiger partial charge in [-0.3, -0.25) is 4.79 Å². The van der Waals surface area contributed by atoms with Crippen molar-refractivity contribution in [3.8, 4) is 0 Å². The minimum atomic E-state index is -0.226. The lowest BCUT2D eigenvalue weighted by atomic mass is 10.1. The van der Waals surface area contributed by atoms with Crippen molar-refractivity contribution in [3.63, 3.8) is 0 Å². The van der Waals surface area contributed by atoms with Crippen LogP contribution in [0.25, 0.3) is 0 Å². The van der Waals surface area contributed by atoms with E-state index in [1.165, 1.54) is 31.4 Å². The topological polar surface area (TPSA) is 55.1 Å². The van der Waals surface area contributed by atoms with E-state index < -0.39 is 0 Å². The molecule has 88 valence electrons. The number of thioether (sulfide) groups is 1. The number of primary amides is 1. The molecule has 0 bridgehead atoms. The largest absolute Gasteiger partial charge is 0.368 e. The number of amides is 1. The van der Waals surface area contributed by atoms with Crippen molar-refractivity contribution in [1.29, 1.82) is 0 Å². The summed E-state index contributed by atoms with van der Waals surface area (Å²) in [5.41, 5.74) is 5.30. The summed E-state index contributed by atoms with van der Waals surface area (Å²) in [7, 11) is 0. The molecular formula is C11H22N2OS. The normalized spacial score (nSPS) is 19.3. The van der Waals surface area contributed by atoms with Gasteiger partial charge in [-0.1, -0.05) is 19.8 Å². The molecule has 0 spiro atoms. The van der Waals surface area contributed by atoms with Gasteiger partial charge in [0.25, 0.3) is 0 Å². The number of hydrogen-bond donors (Lipinski definition) is 2. The van der Waals surface area contributed by atoms with Gasteiger partial charge in [0.05, 0.1) is 6.04 Å². The lowest BCUT2D eigenvalue weighted by Gasteiger charge is -2.15. The molecule has 3 nitrogen and oxygen atoms in total. The first-order chi connectivity index (χ1) is 7.24. The number of carbonyl (C=O) groups excluding carboxylic acids is 1. The molecule has 0 aliphatic heterocycles. The van der Waals surface area contributed by atoms with Crippen molar-refractivity contribution in [3.05, 3.63) is 0 Å². The SMILES string of the molecule is CCNC(CSCC1CCCC1)C(N)=O. The van der Waals surface area contributed by atoms with Gasteiger partial charge in [-0.05, 0) is 31.1 Å². The Hall–Kier alpha value is -0.220. The Labute approximate surface area is 96.6 Å². The molecule has 1 aliphatic carbocycles. The summed E-state index contributed by atoms with van der Waals surface area (Å²) in [4.78, 5) is 11.1. The van der Waals surface area contributed by atoms with E-state index in [1.807, 2.05) is 18.7 Å². The van der Waals surface area contributed by atoms with Crippen LogP contribution in [-0.4, -0.2) is 30.0 Å². The molecule has 1 saturated carbocycles. The Morgan fingerprint density at radius 3 is 2.73 bits per heavy atom. The maximum Gasteiger partial charge on any atom is 0.235 e. The molecule has 15 heavy (non-hydrogen) atoms. The molecule has 0 radical (unpaired) electrons. The second-order valence-corrected chi connectivity index (χ2v) is 5.28. The summed E-state index contributed by atoms with van der Waals surface area (Å²) in [5, 5.41) is 3.11.